The van der Waals surface area contributed by atoms with Crippen molar-refractivity contribution in [1.82, 2.24) is 13.1 Å². The van der Waals surface area contributed by atoms with Gasteiger partial charge in [0, 0.05) is 18.8 Å². The second-order valence-electron chi connectivity index (χ2n) is 7.13. The molecule has 152 valence electrons. The van der Waals surface area contributed by atoms with Crippen molar-refractivity contribution in [3.05, 3.63) is 48.0 Å². The van der Waals surface area contributed by atoms with E-state index in [9.17, 15) is 13.2 Å². The number of aromatic nitrogens is 2. The summed E-state index contributed by atoms with van der Waals surface area (Å²) in [5, 5.41) is 2.92. The highest BCUT2D eigenvalue weighted by Crippen LogP contribution is 2.28. The van der Waals surface area contributed by atoms with E-state index in [0.717, 1.165) is 23.8 Å². The van der Waals surface area contributed by atoms with E-state index in [1.165, 1.54) is 9.87 Å². The monoisotopic (exact) mass is 430 g/mol. The van der Waals surface area contributed by atoms with Crippen LogP contribution in [0.5, 0.6) is 0 Å². The SMILES string of the molecule is CCc1ccc(NC(=O)[C@H]2CCCN(S(=O)(=O)c3cccc4nsnc34)C2)cc1. The third kappa shape index (κ3) is 4.03. The van der Waals surface area contributed by atoms with Gasteiger partial charge in [0.15, 0.2) is 0 Å². The normalized spacial score (nSPS) is 18.0. The summed E-state index contributed by atoms with van der Waals surface area (Å²) in [6.45, 7) is 2.63. The maximum Gasteiger partial charge on any atom is 0.245 e. The molecule has 2 heterocycles. The van der Waals surface area contributed by atoms with Gasteiger partial charge in [-0.1, -0.05) is 25.1 Å². The molecule has 2 aromatic carbocycles. The van der Waals surface area contributed by atoms with Gasteiger partial charge in [0.2, 0.25) is 15.9 Å². The molecular formula is C20H22N4O3S2. The highest BCUT2D eigenvalue weighted by molar-refractivity contribution is 7.89. The highest BCUT2D eigenvalue weighted by atomic mass is 32.2. The lowest BCUT2D eigenvalue weighted by molar-refractivity contribution is -0.120. The number of benzene rings is 2. The standard InChI is InChI=1S/C20H22N4O3S2/c1-2-14-8-10-16(11-9-14)21-20(25)15-5-4-12-24(13-15)29(26,27)18-7-3-6-17-19(18)23-28-22-17/h3,6-11,15H,2,4-5,12-13H2,1H3,(H,21,25)/t15-/m0/s1. The minimum Gasteiger partial charge on any atom is -0.326 e. The first-order chi connectivity index (χ1) is 14.0. The second-order valence-corrected chi connectivity index (χ2v) is 9.56. The molecule has 1 aliphatic heterocycles. The number of fused-ring (bicyclic) bond motifs is 1. The molecule has 1 aromatic heterocycles. The Morgan fingerprint density at radius 2 is 2.00 bits per heavy atom. The molecule has 1 aliphatic rings. The number of carbonyl (C=O) groups is 1. The number of amides is 1. The molecular weight excluding hydrogens is 408 g/mol. The number of piperidine rings is 1. The Morgan fingerprint density at radius 3 is 2.76 bits per heavy atom. The van der Waals surface area contributed by atoms with Crippen molar-refractivity contribution < 1.29 is 13.2 Å². The predicted octanol–water partition coefficient (Wildman–Crippen LogP) is 3.29. The number of anilines is 1. The lowest BCUT2D eigenvalue weighted by Gasteiger charge is -2.31. The zero-order valence-electron chi connectivity index (χ0n) is 16.0. The molecule has 4 rings (SSSR count). The van der Waals surface area contributed by atoms with Gasteiger partial charge in [0.1, 0.15) is 15.9 Å². The van der Waals surface area contributed by atoms with Crippen LogP contribution in [0.25, 0.3) is 11.0 Å². The van der Waals surface area contributed by atoms with Gasteiger partial charge in [-0.3, -0.25) is 4.79 Å². The molecule has 0 spiro atoms. The van der Waals surface area contributed by atoms with E-state index in [1.54, 1.807) is 18.2 Å². The van der Waals surface area contributed by atoms with E-state index in [4.69, 9.17) is 0 Å². The molecule has 0 radical (unpaired) electrons. The van der Waals surface area contributed by atoms with Gasteiger partial charge >= 0.3 is 0 Å². The number of nitrogens with one attached hydrogen (secondary N) is 1. The lowest BCUT2D eigenvalue weighted by atomic mass is 9.98. The molecule has 0 unspecified atom stereocenters. The summed E-state index contributed by atoms with van der Waals surface area (Å²) in [4.78, 5) is 12.9. The Hall–Kier alpha value is -2.36. The molecule has 3 aromatic rings. The third-order valence-electron chi connectivity index (χ3n) is 5.25. The van der Waals surface area contributed by atoms with Crippen LogP contribution in [-0.2, 0) is 21.2 Å². The van der Waals surface area contributed by atoms with E-state index in [1.807, 2.05) is 24.3 Å². The minimum atomic E-state index is -3.75. The maximum atomic E-state index is 13.2. The number of nitrogens with zero attached hydrogens (tertiary/aromatic N) is 3. The van der Waals surface area contributed by atoms with Crippen LogP contribution in [0.3, 0.4) is 0 Å². The number of aryl methyl sites for hydroxylation is 1. The van der Waals surface area contributed by atoms with Crippen molar-refractivity contribution in [2.24, 2.45) is 5.92 Å². The minimum absolute atomic E-state index is 0.150. The van der Waals surface area contributed by atoms with Crippen LogP contribution in [0.15, 0.2) is 47.4 Å². The lowest BCUT2D eigenvalue weighted by Crippen LogP contribution is -2.43. The molecule has 0 bridgehead atoms. The summed E-state index contributed by atoms with van der Waals surface area (Å²) in [5.74, 6) is -0.542. The summed E-state index contributed by atoms with van der Waals surface area (Å²) < 4.78 is 36.1. The maximum absolute atomic E-state index is 13.2. The average molecular weight is 431 g/mol. The third-order valence-corrected chi connectivity index (χ3v) is 7.69. The van der Waals surface area contributed by atoms with Crippen LogP contribution in [-0.4, -0.2) is 40.5 Å². The van der Waals surface area contributed by atoms with Crippen molar-refractivity contribution in [2.75, 3.05) is 18.4 Å². The van der Waals surface area contributed by atoms with Crippen LogP contribution in [0.1, 0.15) is 25.3 Å². The van der Waals surface area contributed by atoms with Crippen LogP contribution >= 0.6 is 11.7 Å². The fraction of sp³-hybridized carbons (Fsp3) is 0.350. The molecule has 1 fully saturated rings. The quantitative estimate of drug-likeness (QED) is 0.671. The van der Waals surface area contributed by atoms with Crippen LogP contribution in [0, 0.1) is 5.92 Å². The zero-order chi connectivity index (χ0) is 20.4. The first-order valence-corrected chi connectivity index (χ1v) is 11.8. The van der Waals surface area contributed by atoms with Crippen LogP contribution < -0.4 is 5.32 Å². The molecule has 1 atom stereocenters. The van der Waals surface area contributed by atoms with E-state index in [2.05, 4.69) is 21.0 Å². The number of hydrogen-bond acceptors (Lipinski definition) is 6. The first-order valence-electron chi connectivity index (χ1n) is 9.60. The first kappa shape index (κ1) is 19.9. The largest absolute Gasteiger partial charge is 0.326 e. The molecule has 1 amide bonds. The van der Waals surface area contributed by atoms with Gasteiger partial charge in [-0.05, 0) is 49.1 Å². The number of rotatable bonds is 5. The summed E-state index contributed by atoms with van der Waals surface area (Å²) in [6, 6.07) is 12.7. The smallest absolute Gasteiger partial charge is 0.245 e. The Balaban J connectivity index is 1.51. The van der Waals surface area contributed by atoms with E-state index in [-0.39, 0.29) is 17.3 Å². The molecule has 29 heavy (non-hydrogen) atoms. The average Bonchev–Trinajstić information content (AvgIpc) is 3.23. The van der Waals surface area contributed by atoms with Gasteiger partial charge < -0.3 is 5.32 Å². The van der Waals surface area contributed by atoms with Gasteiger partial charge in [-0.2, -0.15) is 13.1 Å². The van der Waals surface area contributed by atoms with Gasteiger partial charge in [0.25, 0.3) is 0 Å². The summed E-state index contributed by atoms with van der Waals surface area (Å²) in [5.41, 5.74) is 2.88. The second kappa shape index (κ2) is 8.17. The number of sulfonamides is 1. The summed E-state index contributed by atoms with van der Waals surface area (Å²) in [7, 11) is -3.75. The van der Waals surface area contributed by atoms with E-state index < -0.39 is 15.9 Å². The molecule has 9 heteroatoms. The summed E-state index contributed by atoms with van der Waals surface area (Å²) in [6.07, 6.45) is 2.23. The van der Waals surface area contributed by atoms with Crippen LogP contribution in [0.4, 0.5) is 5.69 Å². The Bertz CT molecular complexity index is 1130. The molecule has 1 N–H and O–H groups in total. The van der Waals surface area contributed by atoms with E-state index in [0.29, 0.717) is 30.4 Å². The zero-order valence-corrected chi connectivity index (χ0v) is 17.7. The Labute approximate surface area is 174 Å². The van der Waals surface area contributed by atoms with E-state index >= 15 is 0 Å². The molecule has 1 saturated heterocycles. The molecule has 0 aliphatic carbocycles. The van der Waals surface area contributed by atoms with Crippen molar-refractivity contribution in [3.63, 3.8) is 0 Å². The predicted molar refractivity (Wildman–Crippen MR) is 113 cm³/mol. The van der Waals surface area contributed by atoms with Crippen molar-refractivity contribution in [2.45, 2.75) is 31.1 Å². The van der Waals surface area contributed by atoms with Crippen LogP contribution in [0.2, 0.25) is 0 Å². The molecule has 0 saturated carbocycles. The van der Waals surface area contributed by atoms with Gasteiger partial charge in [0.05, 0.1) is 17.6 Å². The Morgan fingerprint density at radius 1 is 1.21 bits per heavy atom. The molecule has 7 nitrogen and oxygen atoms in total. The topological polar surface area (TPSA) is 92.3 Å². The number of carbonyl (C=O) groups excluding carboxylic acids is 1. The fourth-order valence-corrected chi connectivity index (χ4v) is 5.85. The van der Waals surface area contributed by atoms with Gasteiger partial charge in [-0.15, -0.1) is 0 Å². The fourth-order valence-electron chi connectivity index (χ4n) is 3.57. The van der Waals surface area contributed by atoms with Crippen molar-refractivity contribution >= 4 is 44.4 Å². The van der Waals surface area contributed by atoms with Crippen molar-refractivity contribution in [3.8, 4) is 0 Å². The summed E-state index contributed by atoms with van der Waals surface area (Å²) >= 11 is 0.992. The van der Waals surface area contributed by atoms with Gasteiger partial charge in [-0.25, -0.2) is 8.42 Å². The number of hydrogen-bond donors (Lipinski definition) is 1. The Kier molecular flexibility index (Phi) is 5.62. The van der Waals surface area contributed by atoms with Crippen molar-refractivity contribution in [1.29, 1.82) is 0 Å². The highest BCUT2D eigenvalue weighted by Gasteiger charge is 2.34.